The number of carbonyl (C=O) groups is 3. The van der Waals surface area contributed by atoms with E-state index >= 15 is 0 Å². The summed E-state index contributed by atoms with van der Waals surface area (Å²) in [6.45, 7) is 8.60. The molecule has 1 aromatic heterocycles. The van der Waals surface area contributed by atoms with E-state index in [1.54, 1.807) is 6.07 Å². The molecule has 1 atom stereocenters. The molecule has 0 bridgehead atoms. The van der Waals surface area contributed by atoms with Crippen LogP contribution in [0.5, 0.6) is 0 Å². The molecule has 3 amide bonds. The first-order valence-corrected chi connectivity index (χ1v) is 15.4. The van der Waals surface area contributed by atoms with Crippen molar-refractivity contribution in [2.45, 2.75) is 57.9 Å². The van der Waals surface area contributed by atoms with Crippen LogP contribution in [0, 0.1) is 6.92 Å². The maximum atomic E-state index is 13.3. The van der Waals surface area contributed by atoms with Crippen LogP contribution in [0.4, 0.5) is 17.1 Å². The number of rotatable bonds is 10. The lowest BCUT2D eigenvalue weighted by atomic mass is 10.1. The summed E-state index contributed by atoms with van der Waals surface area (Å²) in [4.78, 5) is 49.2. The summed E-state index contributed by atoms with van der Waals surface area (Å²) in [5.41, 5.74) is 4.60. The van der Waals surface area contributed by atoms with Crippen molar-refractivity contribution in [1.29, 1.82) is 0 Å². The molecular weight excluding hydrogens is 544 g/mol. The highest BCUT2D eigenvalue weighted by Crippen LogP contribution is 2.39. The van der Waals surface area contributed by atoms with Gasteiger partial charge in [0.05, 0.1) is 11.4 Å². The molecule has 0 unspecified atom stereocenters. The normalized spacial score (nSPS) is 18.7. The number of piperazine rings is 1. The van der Waals surface area contributed by atoms with Crippen molar-refractivity contribution < 1.29 is 18.8 Å². The van der Waals surface area contributed by atoms with Crippen molar-refractivity contribution >= 4 is 34.8 Å². The number of nitrogens with one attached hydrogen (secondary N) is 2. The summed E-state index contributed by atoms with van der Waals surface area (Å²) in [6, 6.07) is 14.1. The van der Waals surface area contributed by atoms with Crippen LogP contribution >= 0.6 is 0 Å². The van der Waals surface area contributed by atoms with Crippen molar-refractivity contribution in [3.8, 4) is 0 Å². The number of hydrogen-bond donors (Lipinski definition) is 2. The average Bonchev–Trinajstić information content (AvgIpc) is 3.59. The van der Waals surface area contributed by atoms with Crippen molar-refractivity contribution in [2.24, 2.45) is 0 Å². The number of aromatic nitrogens is 1. The lowest BCUT2D eigenvalue weighted by Crippen LogP contribution is -2.52. The van der Waals surface area contributed by atoms with E-state index in [9.17, 15) is 14.4 Å². The van der Waals surface area contributed by atoms with E-state index in [1.807, 2.05) is 17.0 Å². The van der Waals surface area contributed by atoms with Gasteiger partial charge >= 0.3 is 0 Å². The van der Waals surface area contributed by atoms with E-state index in [0.717, 1.165) is 51.1 Å². The van der Waals surface area contributed by atoms with Gasteiger partial charge in [-0.2, -0.15) is 0 Å². The van der Waals surface area contributed by atoms with E-state index in [1.165, 1.54) is 17.5 Å². The molecule has 10 heteroatoms. The molecule has 10 nitrogen and oxygen atoms in total. The summed E-state index contributed by atoms with van der Waals surface area (Å²) in [7, 11) is 0. The third-order valence-electron chi connectivity index (χ3n) is 8.64. The summed E-state index contributed by atoms with van der Waals surface area (Å²) < 4.78 is 5.56. The summed E-state index contributed by atoms with van der Waals surface area (Å²) >= 11 is 0. The van der Waals surface area contributed by atoms with Crippen LogP contribution < -0.4 is 20.4 Å². The third-order valence-corrected chi connectivity index (χ3v) is 8.64. The maximum Gasteiger partial charge on any atom is 0.277 e. The van der Waals surface area contributed by atoms with Gasteiger partial charge in [-0.15, -0.1) is 0 Å². The number of anilines is 3. The van der Waals surface area contributed by atoms with Crippen molar-refractivity contribution in [2.75, 3.05) is 54.4 Å². The second kappa shape index (κ2) is 12.5. The molecule has 3 aromatic rings. The first-order valence-electron chi connectivity index (χ1n) is 15.4. The highest BCUT2D eigenvalue weighted by molar-refractivity contribution is 6.06. The van der Waals surface area contributed by atoms with Crippen LogP contribution in [0.2, 0.25) is 0 Å². The van der Waals surface area contributed by atoms with Gasteiger partial charge in [-0.1, -0.05) is 18.2 Å². The van der Waals surface area contributed by atoms with Crippen LogP contribution in [0.15, 0.2) is 53.1 Å². The van der Waals surface area contributed by atoms with Gasteiger partial charge in [-0.05, 0) is 69.4 Å². The molecule has 2 saturated heterocycles. The van der Waals surface area contributed by atoms with Gasteiger partial charge < -0.3 is 29.8 Å². The molecule has 1 saturated carbocycles. The second-order valence-corrected chi connectivity index (χ2v) is 11.9. The van der Waals surface area contributed by atoms with Crippen LogP contribution in [-0.4, -0.2) is 72.9 Å². The minimum atomic E-state index is -0.365. The van der Waals surface area contributed by atoms with Gasteiger partial charge in [-0.3, -0.25) is 14.4 Å². The van der Waals surface area contributed by atoms with E-state index in [2.05, 4.69) is 63.5 Å². The Morgan fingerprint density at radius 3 is 2.63 bits per heavy atom. The highest BCUT2D eigenvalue weighted by atomic mass is 16.3. The number of para-hydroxylation sites is 1. The molecule has 3 fully saturated rings. The molecule has 6 rings (SSSR count). The van der Waals surface area contributed by atoms with Crippen LogP contribution in [0.25, 0.3) is 0 Å². The second-order valence-electron chi connectivity index (χ2n) is 11.9. The van der Waals surface area contributed by atoms with Crippen LogP contribution in [0.1, 0.15) is 77.2 Å². The number of benzene rings is 2. The van der Waals surface area contributed by atoms with Gasteiger partial charge in [0.25, 0.3) is 11.8 Å². The fourth-order valence-corrected chi connectivity index (χ4v) is 6.08. The molecule has 1 aliphatic carbocycles. The third kappa shape index (κ3) is 6.53. The lowest BCUT2D eigenvalue weighted by molar-refractivity contribution is -0.127. The topological polar surface area (TPSA) is 111 Å². The smallest absolute Gasteiger partial charge is 0.277 e. The zero-order chi connectivity index (χ0) is 29.9. The Hall–Kier alpha value is -4.34. The maximum absolute atomic E-state index is 13.3. The van der Waals surface area contributed by atoms with Crippen LogP contribution in [0.3, 0.4) is 0 Å². The molecule has 2 aliphatic heterocycles. The molecular formula is C33H40N6O4. The van der Waals surface area contributed by atoms with Gasteiger partial charge in [0, 0.05) is 68.9 Å². The number of nitrogens with zero attached hydrogens (tertiary/aromatic N) is 4. The SMILES string of the molecule is Cc1ccccc1N1CCN(c2ccc(C(=O)NCCCN3CCCC3=O)cc2NC(=O)c2coc(C3CC3)n2)C[C@H]1C. The van der Waals surface area contributed by atoms with Crippen molar-refractivity contribution in [3.63, 3.8) is 0 Å². The minimum Gasteiger partial charge on any atom is -0.448 e. The first-order chi connectivity index (χ1) is 20.9. The summed E-state index contributed by atoms with van der Waals surface area (Å²) in [5, 5.41) is 6.00. The molecule has 3 aliphatic rings. The fourth-order valence-electron chi connectivity index (χ4n) is 6.08. The van der Waals surface area contributed by atoms with Gasteiger partial charge in [0.1, 0.15) is 6.26 Å². The zero-order valence-electron chi connectivity index (χ0n) is 25.0. The molecule has 2 aromatic carbocycles. The Bertz CT molecular complexity index is 1500. The van der Waals surface area contributed by atoms with Crippen LogP contribution in [-0.2, 0) is 4.79 Å². The van der Waals surface area contributed by atoms with Gasteiger partial charge in [-0.25, -0.2) is 4.98 Å². The summed E-state index contributed by atoms with van der Waals surface area (Å²) in [5.74, 6) is 0.517. The standard InChI is InChI=1S/C33H40N6O4/c1-22-7-3-4-8-28(22)39-18-17-38(20-23(39)2)29-13-12-25(31(41)34-14-6-16-37-15-5-9-30(37)40)19-26(29)35-32(42)27-21-43-33(36-27)24-10-11-24/h3-4,7-8,12-13,19,21,23-24H,5-6,9-11,14-18,20H2,1-2H3,(H,34,41)(H,35,42)/t23-/m1/s1. The van der Waals surface area contributed by atoms with Crippen molar-refractivity contribution in [1.82, 2.24) is 15.2 Å². The van der Waals surface area contributed by atoms with E-state index in [-0.39, 0.29) is 29.5 Å². The molecule has 2 N–H and O–H groups in total. The monoisotopic (exact) mass is 584 g/mol. The lowest BCUT2D eigenvalue weighted by Gasteiger charge is -2.43. The average molecular weight is 585 g/mol. The molecule has 43 heavy (non-hydrogen) atoms. The summed E-state index contributed by atoms with van der Waals surface area (Å²) in [6.07, 6.45) is 5.68. The molecule has 0 radical (unpaired) electrons. The highest BCUT2D eigenvalue weighted by Gasteiger charge is 2.30. The number of aryl methyl sites for hydroxylation is 1. The quantitative estimate of drug-likeness (QED) is 0.336. The van der Waals surface area contributed by atoms with E-state index in [0.29, 0.717) is 49.0 Å². The van der Waals surface area contributed by atoms with Gasteiger partial charge in [0.15, 0.2) is 11.6 Å². The molecule has 226 valence electrons. The predicted molar refractivity (Wildman–Crippen MR) is 166 cm³/mol. The van der Waals surface area contributed by atoms with E-state index in [4.69, 9.17) is 4.42 Å². The number of oxazole rings is 1. The first kappa shape index (κ1) is 28.8. The Balaban J connectivity index is 1.17. The Morgan fingerprint density at radius 2 is 1.88 bits per heavy atom. The number of likely N-dealkylation sites (tertiary alicyclic amines) is 1. The Labute approximate surface area is 252 Å². The fraction of sp³-hybridized carbons (Fsp3) is 0.455. The number of amides is 3. The predicted octanol–water partition coefficient (Wildman–Crippen LogP) is 4.57. The Morgan fingerprint density at radius 1 is 1.05 bits per heavy atom. The minimum absolute atomic E-state index is 0.188. The number of carbonyl (C=O) groups excluding carboxylic acids is 3. The Kier molecular flexibility index (Phi) is 8.35. The molecule has 0 spiro atoms. The van der Waals surface area contributed by atoms with Gasteiger partial charge in [0.2, 0.25) is 5.91 Å². The van der Waals surface area contributed by atoms with Crippen molar-refractivity contribution in [3.05, 3.63) is 71.4 Å². The van der Waals surface area contributed by atoms with E-state index < -0.39 is 0 Å². The molecule has 3 heterocycles. The number of hydrogen-bond acceptors (Lipinski definition) is 7. The zero-order valence-corrected chi connectivity index (χ0v) is 25.0. The largest absolute Gasteiger partial charge is 0.448 e.